The zero-order chi connectivity index (χ0) is 9.97. The fraction of sp³-hybridized carbons (Fsp3) is 0.250. The molecule has 0 radical (unpaired) electrons. The fourth-order valence-electron chi connectivity index (χ4n) is 0.918. The second-order valence-corrected chi connectivity index (χ2v) is 2.81. The van der Waals surface area contributed by atoms with E-state index in [0.29, 0.717) is 11.7 Å². The van der Waals surface area contributed by atoms with E-state index in [1.165, 1.54) is 0 Å². The largest absolute Gasteiger partial charge is 0.416 e. The van der Waals surface area contributed by atoms with Gasteiger partial charge >= 0.3 is 0 Å². The molecule has 2 N–H and O–H groups in total. The van der Waals surface area contributed by atoms with Crippen molar-refractivity contribution < 1.29 is 4.42 Å². The zero-order valence-corrected chi connectivity index (χ0v) is 7.58. The minimum absolute atomic E-state index is 0.278. The second kappa shape index (κ2) is 3.51. The highest BCUT2D eigenvalue weighted by atomic mass is 16.4. The van der Waals surface area contributed by atoms with Gasteiger partial charge in [0.15, 0.2) is 0 Å². The third-order valence-electron chi connectivity index (χ3n) is 1.59. The van der Waals surface area contributed by atoms with Gasteiger partial charge in [0.1, 0.15) is 0 Å². The van der Waals surface area contributed by atoms with Crippen molar-refractivity contribution in [1.82, 2.24) is 20.2 Å². The molecule has 6 heteroatoms. The monoisotopic (exact) mass is 191 g/mol. The smallest absolute Gasteiger partial charge is 0.285 e. The first-order valence-electron chi connectivity index (χ1n) is 4.14. The first-order valence-corrected chi connectivity index (χ1v) is 4.14. The lowest BCUT2D eigenvalue weighted by Gasteiger charge is -1.94. The Morgan fingerprint density at radius 1 is 1.29 bits per heavy atom. The molecule has 2 aromatic rings. The van der Waals surface area contributed by atoms with Gasteiger partial charge in [-0.3, -0.25) is 0 Å². The summed E-state index contributed by atoms with van der Waals surface area (Å²) >= 11 is 0. The molecule has 0 aromatic carbocycles. The lowest BCUT2D eigenvalue weighted by atomic mass is 10.4. The average Bonchev–Trinajstić information content (AvgIpc) is 2.68. The number of rotatable bonds is 2. The highest BCUT2D eigenvalue weighted by Crippen LogP contribution is 2.14. The fourth-order valence-corrected chi connectivity index (χ4v) is 0.918. The molecule has 2 aromatic heterocycles. The Morgan fingerprint density at radius 2 is 2.00 bits per heavy atom. The Labute approximate surface area is 80.2 Å². The van der Waals surface area contributed by atoms with Gasteiger partial charge in [-0.1, -0.05) is 0 Å². The topological polar surface area (TPSA) is 90.7 Å². The third kappa shape index (κ3) is 1.60. The van der Waals surface area contributed by atoms with Crippen LogP contribution in [0.4, 0.5) is 0 Å². The SMILES string of the molecule is CC(N)c1nnc(-c2ncccn2)o1. The molecule has 0 aliphatic rings. The van der Waals surface area contributed by atoms with Crippen LogP contribution in [-0.2, 0) is 0 Å². The first kappa shape index (κ1) is 8.76. The molecule has 0 saturated carbocycles. The average molecular weight is 191 g/mol. The summed E-state index contributed by atoms with van der Waals surface area (Å²) < 4.78 is 5.26. The third-order valence-corrected chi connectivity index (χ3v) is 1.59. The van der Waals surface area contributed by atoms with Crippen molar-refractivity contribution in [2.24, 2.45) is 5.73 Å². The molecule has 72 valence electrons. The van der Waals surface area contributed by atoms with Crippen LogP contribution >= 0.6 is 0 Å². The van der Waals surface area contributed by atoms with Gasteiger partial charge in [-0.25, -0.2) is 9.97 Å². The van der Waals surface area contributed by atoms with Crippen LogP contribution in [0.15, 0.2) is 22.9 Å². The molecule has 1 unspecified atom stereocenters. The van der Waals surface area contributed by atoms with E-state index in [-0.39, 0.29) is 11.9 Å². The van der Waals surface area contributed by atoms with Gasteiger partial charge in [0.05, 0.1) is 6.04 Å². The summed E-state index contributed by atoms with van der Waals surface area (Å²) in [6.45, 7) is 1.77. The Morgan fingerprint density at radius 3 is 2.57 bits per heavy atom. The molecule has 14 heavy (non-hydrogen) atoms. The minimum Gasteiger partial charge on any atom is -0.416 e. The Kier molecular flexibility index (Phi) is 2.19. The minimum atomic E-state index is -0.278. The Hall–Kier alpha value is -1.82. The summed E-state index contributed by atoms with van der Waals surface area (Å²) in [4.78, 5) is 7.95. The van der Waals surface area contributed by atoms with E-state index in [1.807, 2.05) is 0 Å². The molecule has 0 aliphatic carbocycles. The molecular formula is C8H9N5O. The lowest BCUT2D eigenvalue weighted by Crippen LogP contribution is -2.04. The van der Waals surface area contributed by atoms with E-state index in [1.54, 1.807) is 25.4 Å². The highest BCUT2D eigenvalue weighted by molar-refractivity contribution is 5.37. The predicted octanol–water partition coefficient (Wildman–Crippen LogP) is 0.546. The van der Waals surface area contributed by atoms with Gasteiger partial charge < -0.3 is 10.2 Å². The maximum Gasteiger partial charge on any atom is 0.285 e. The molecule has 0 amide bonds. The first-order chi connectivity index (χ1) is 6.77. The second-order valence-electron chi connectivity index (χ2n) is 2.81. The van der Waals surface area contributed by atoms with Crippen LogP contribution in [0, 0.1) is 0 Å². The maximum absolute atomic E-state index is 5.57. The van der Waals surface area contributed by atoms with Crippen LogP contribution < -0.4 is 5.73 Å². The summed E-state index contributed by atoms with van der Waals surface area (Å²) in [5, 5.41) is 7.56. The molecular weight excluding hydrogens is 182 g/mol. The van der Waals surface area contributed by atoms with Crippen molar-refractivity contribution >= 4 is 0 Å². The Balaban J connectivity index is 2.34. The van der Waals surface area contributed by atoms with E-state index < -0.39 is 0 Å². The van der Waals surface area contributed by atoms with Gasteiger partial charge in [-0.05, 0) is 13.0 Å². The summed E-state index contributed by atoms with van der Waals surface area (Å²) in [6, 6.07) is 1.44. The molecule has 2 heterocycles. The number of hydrogen-bond acceptors (Lipinski definition) is 6. The molecule has 6 nitrogen and oxygen atoms in total. The van der Waals surface area contributed by atoms with Crippen LogP contribution in [0.3, 0.4) is 0 Å². The van der Waals surface area contributed by atoms with Crippen molar-refractivity contribution in [2.45, 2.75) is 13.0 Å². The van der Waals surface area contributed by atoms with Crippen LogP contribution in [0.5, 0.6) is 0 Å². The maximum atomic E-state index is 5.57. The van der Waals surface area contributed by atoms with Crippen LogP contribution in [0.1, 0.15) is 18.9 Å². The van der Waals surface area contributed by atoms with Crippen molar-refractivity contribution in [1.29, 1.82) is 0 Å². The van der Waals surface area contributed by atoms with Crippen LogP contribution in [0.2, 0.25) is 0 Å². The lowest BCUT2D eigenvalue weighted by molar-refractivity contribution is 0.471. The molecule has 0 spiro atoms. The molecule has 0 bridgehead atoms. The van der Waals surface area contributed by atoms with Crippen LogP contribution in [-0.4, -0.2) is 20.2 Å². The number of aromatic nitrogens is 4. The predicted molar refractivity (Wildman–Crippen MR) is 47.9 cm³/mol. The quantitative estimate of drug-likeness (QED) is 0.745. The highest BCUT2D eigenvalue weighted by Gasteiger charge is 2.12. The van der Waals surface area contributed by atoms with Gasteiger partial charge in [-0.2, -0.15) is 0 Å². The van der Waals surface area contributed by atoms with E-state index in [9.17, 15) is 0 Å². The van der Waals surface area contributed by atoms with Crippen molar-refractivity contribution in [3.05, 3.63) is 24.4 Å². The molecule has 1 atom stereocenters. The summed E-state index contributed by atoms with van der Waals surface area (Å²) in [5.74, 6) is 1.08. The zero-order valence-electron chi connectivity index (χ0n) is 7.58. The van der Waals surface area contributed by atoms with E-state index in [2.05, 4.69) is 20.2 Å². The molecule has 2 rings (SSSR count). The molecule has 0 fully saturated rings. The molecule has 0 aliphatic heterocycles. The van der Waals surface area contributed by atoms with Crippen molar-refractivity contribution in [2.75, 3.05) is 0 Å². The van der Waals surface area contributed by atoms with E-state index >= 15 is 0 Å². The van der Waals surface area contributed by atoms with Gasteiger partial charge in [-0.15, -0.1) is 10.2 Å². The number of hydrogen-bond donors (Lipinski definition) is 1. The van der Waals surface area contributed by atoms with E-state index in [4.69, 9.17) is 10.2 Å². The standard InChI is InChI=1S/C8H9N5O/c1-5(9)7-12-13-8(14-7)6-10-3-2-4-11-6/h2-5H,9H2,1H3. The normalized spacial score (nSPS) is 12.7. The summed E-state index contributed by atoms with van der Waals surface area (Å²) in [5.41, 5.74) is 5.57. The van der Waals surface area contributed by atoms with Gasteiger partial charge in [0.2, 0.25) is 11.7 Å². The van der Waals surface area contributed by atoms with E-state index in [0.717, 1.165) is 0 Å². The Bertz CT molecular complexity index is 411. The van der Waals surface area contributed by atoms with Gasteiger partial charge in [0.25, 0.3) is 5.89 Å². The molecule has 0 saturated heterocycles. The summed E-state index contributed by atoms with van der Waals surface area (Å²) in [6.07, 6.45) is 3.22. The van der Waals surface area contributed by atoms with Gasteiger partial charge in [0, 0.05) is 12.4 Å². The van der Waals surface area contributed by atoms with Crippen molar-refractivity contribution in [3.63, 3.8) is 0 Å². The number of nitrogens with zero attached hydrogens (tertiary/aromatic N) is 4. The number of nitrogens with two attached hydrogens (primary N) is 1. The van der Waals surface area contributed by atoms with Crippen LogP contribution in [0.25, 0.3) is 11.7 Å². The summed E-state index contributed by atoms with van der Waals surface area (Å²) in [7, 11) is 0. The van der Waals surface area contributed by atoms with Crippen molar-refractivity contribution in [3.8, 4) is 11.7 Å².